The largest absolute Gasteiger partial charge is 0.444 e. The first kappa shape index (κ1) is 29.4. The van der Waals surface area contributed by atoms with Gasteiger partial charge < -0.3 is 19.4 Å². The molecule has 2 saturated carbocycles. The molecule has 1 atom stereocenters. The number of amides is 4. The summed E-state index contributed by atoms with van der Waals surface area (Å²) in [6.45, 7) is 8.17. The molecule has 4 rings (SSSR count). The third-order valence-corrected chi connectivity index (χ3v) is 10.2. The topological polar surface area (TPSA) is 94.5 Å². The minimum atomic E-state index is -0.524. The molecular weight excluding hydrogens is 522 g/mol. The van der Waals surface area contributed by atoms with Crippen molar-refractivity contribution in [2.45, 2.75) is 107 Å². The standard InChI is InChI=1S/C27H45N5O4S2/c1-27(2,3)36-26(35)31-16-14-30(15-17-31)22(33)19-37-23-18-28-24(38-23)29-25(34)32(20-10-6-4-7-11-20)21-12-8-5-9-13-21/h20-21,23H,4-19H2,1-3H3,(H,28,29,34). The van der Waals surface area contributed by atoms with Crippen LogP contribution in [0, 0.1) is 0 Å². The molecule has 1 saturated heterocycles. The fourth-order valence-electron chi connectivity index (χ4n) is 5.74. The number of aliphatic imine (C=N–C) groups is 1. The number of carbonyl (C=O) groups excluding carboxylic acids is 3. The normalized spacial score (nSPS) is 23.7. The Morgan fingerprint density at radius 3 is 2.05 bits per heavy atom. The fourth-order valence-corrected chi connectivity index (χ4v) is 7.87. The van der Waals surface area contributed by atoms with Gasteiger partial charge in [-0.15, -0.1) is 11.8 Å². The van der Waals surface area contributed by atoms with Crippen LogP contribution in [0.5, 0.6) is 0 Å². The molecule has 11 heteroatoms. The molecule has 0 radical (unpaired) electrons. The van der Waals surface area contributed by atoms with Crippen molar-refractivity contribution in [1.29, 1.82) is 0 Å². The fraction of sp³-hybridized carbons (Fsp3) is 0.852. The van der Waals surface area contributed by atoms with Crippen LogP contribution in [0.25, 0.3) is 0 Å². The van der Waals surface area contributed by atoms with E-state index in [1.54, 1.807) is 28.4 Å². The van der Waals surface area contributed by atoms with E-state index in [0.29, 0.717) is 55.7 Å². The van der Waals surface area contributed by atoms with Crippen LogP contribution in [0.1, 0.15) is 85.0 Å². The maximum absolute atomic E-state index is 13.4. The molecule has 0 aromatic rings. The van der Waals surface area contributed by atoms with Crippen molar-refractivity contribution < 1.29 is 19.1 Å². The molecule has 3 fully saturated rings. The second-order valence-electron chi connectivity index (χ2n) is 11.8. The van der Waals surface area contributed by atoms with Gasteiger partial charge in [0.05, 0.1) is 16.9 Å². The monoisotopic (exact) mass is 567 g/mol. The summed E-state index contributed by atoms with van der Waals surface area (Å²) in [7, 11) is 0. The number of nitrogens with zero attached hydrogens (tertiary/aromatic N) is 4. The Hall–Kier alpha value is -1.62. The van der Waals surface area contributed by atoms with Crippen LogP contribution >= 0.6 is 23.5 Å². The van der Waals surface area contributed by atoms with Gasteiger partial charge in [0.2, 0.25) is 5.91 Å². The number of ether oxygens (including phenoxy) is 1. The highest BCUT2D eigenvalue weighted by molar-refractivity contribution is 8.25. The zero-order chi connectivity index (χ0) is 27.1. The summed E-state index contributed by atoms with van der Waals surface area (Å²) < 4.78 is 5.56. The predicted molar refractivity (Wildman–Crippen MR) is 155 cm³/mol. The molecule has 2 aliphatic carbocycles. The summed E-state index contributed by atoms with van der Waals surface area (Å²) in [6.07, 6.45) is 11.5. The molecule has 4 aliphatic rings. The number of carbonyl (C=O) groups is 3. The summed E-state index contributed by atoms with van der Waals surface area (Å²) in [5.41, 5.74) is -0.524. The van der Waals surface area contributed by atoms with E-state index in [-0.39, 0.29) is 22.6 Å². The number of thioether (sulfide) groups is 2. The number of rotatable bonds is 5. The SMILES string of the molecule is CC(C)(C)OC(=O)N1CCN(C(=O)CSC2CN=C(NC(=O)N(C3CCCCC3)C3CCCCC3)S2)CC1. The van der Waals surface area contributed by atoms with E-state index in [2.05, 4.69) is 15.2 Å². The van der Waals surface area contributed by atoms with Crippen LogP contribution in [0.15, 0.2) is 4.99 Å². The van der Waals surface area contributed by atoms with E-state index in [4.69, 9.17) is 4.74 Å². The number of hydrogen-bond donors (Lipinski definition) is 1. The van der Waals surface area contributed by atoms with Crippen molar-refractivity contribution in [1.82, 2.24) is 20.0 Å². The third kappa shape index (κ3) is 8.44. The van der Waals surface area contributed by atoms with Crippen molar-refractivity contribution in [3.05, 3.63) is 0 Å². The van der Waals surface area contributed by atoms with Crippen LogP contribution in [0.3, 0.4) is 0 Å². The smallest absolute Gasteiger partial charge is 0.410 e. The lowest BCUT2D eigenvalue weighted by molar-refractivity contribution is -0.130. The van der Waals surface area contributed by atoms with E-state index >= 15 is 0 Å². The summed E-state index contributed by atoms with van der Waals surface area (Å²) in [4.78, 5) is 48.8. The van der Waals surface area contributed by atoms with Gasteiger partial charge in [-0.25, -0.2) is 9.59 Å². The highest BCUT2D eigenvalue weighted by atomic mass is 32.2. The van der Waals surface area contributed by atoms with Crippen LogP contribution in [-0.4, -0.2) is 98.6 Å². The van der Waals surface area contributed by atoms with E-state index in [9.17, 15) is 14.4 Å². The summed E-state index contributed by atoms with van der Waals surface area (Å²) in [5, 5.41) is 3.81. The molecular formula is C27H45N5O4S2. The van der Waals surface area contributed by atoms with E-state index in [1.165, 1.54) is 38.5 Å². The first-order valence-electron chi connectivity index (χ1n) is 14.4. The lowest BCUT2D eigenvalue weighted by atomic mass is 9.89. The first-order chi connectivity index (χ1) is 18.2. The van der Waals surface area contributed by atoms with E-state index in [0.717, 1.165) is 25.7 Å². The number of hydrogen-bond acceptors (Lipinski definition) is 7. The molecule has 9 nitrogen and oxygen atoms in total. The number of urea groups is 1. The molecule has 2 aliphatic heterocycles. The predicted octanol–water partition coefficient (Wildman–Crippen LogP) is 4.90. The summed E-state index contributed by atoms with van der Waals surface area (Å²) in [6, 6.07) is 0.703. The lowest BCUT2D eigenvalue weighted by Gasteiger charge is -2.41. The van der Waals surface area contributed by atoms with E-state index in [1.807, 2.05) is 25.7 Å². The van der Waals surface area contributed by atoms with Gasteiger partial charge in [0, 0.05) is 38.3 Å². The van der Waals surface area contributed by atoms with Gasteiger partial charge in [0.25, 0.3) is 0 Å². The van der Waals surface area contributed by atoms with Crippen LogP contribution in [-0.2, 0) is 9.53 Å². The van der Waals surface area contributed by atoms with Crippen molar-refractivity contribution in [2.24, 2.45) is 4.99 Å². The highest BCUT2D eigenvalue weighted by Crippen LogP contribution is 2.32. The summed E-state index contributed by atoms with van der Waals surface area (Å²) >= 11 is 3.15. The van der Waals surface area contributed by atoms with Crippen LogP contribution < -0.4 is 5.32 Å². The molecule has 0 spiro atoms. The first-order valence-corrected chi connectivity index (χ1v) is 16.3. The molecule has 38 heavy (non-hydrogen) atoms. The van der Waals surface area contributed by atoms with Gasteiger partial charge in [0.15, 0.2) is 5.17 Å². The van der Waals surface area contributed by atoms with Gasteiger partial charge in [-0.1, -0.05) is 50.3 Å². The zero-order valence-electron chi connectivity index (χ0n) is 23.3. The highest BCUT2D eigenvalue weighted by Gasteiger charge is 2.34. The maximum atomic E-state index is 13.4. The zero-order valence-corrected chi connectivity index (χ0v) is 24.9. The number of nitrogens with one attached hydrogen (secondary N) is 1. The Labute approximate surface area is 236 Å². The van der Waals surface area contributed by atoms with Gasteiger partial charge >= 0.3 is 12.1 Å². The van der Waals surface area contributed by atoms with Gasteiger partial charge in [0.1, 0.15) is 5.60 Å². The van der Waals surface area contributed by atoms with Crippen molar-refractivity contribution >= 4 is 46.7 Å². The van der Waals surface area contributed by atoms with Crippen molar-refractivity contribution in [2.75, 3.05) is 38.5 Å². The molecule has 2 heterocycles. The minimum absolute atomic E-state index is 0.0136. The Morgan fingerprint density at radius 2 is 1.50 bits per heavy atom. The molecule has 0 bridgehead atoms. The minimum Gasteiger partial charge on any atom is -0.444 e. The Kier molecular flexibility index (Phi) is 10.5. The van der Waals surface area contributed by atoms with Gasteiger partial charge in [-0.05, 0) is 46.5 Å². The Morgan fingerprint density at radius 1 is 0.947 bits per heavy atom. The van der Waals surface area contributed by atoms with Crippen LogP contribution in [0.4, 0.5) is 9.59 Å². The Bertz CT molecular complexity index is 842. The third-order valence-electron chi connectivity index (χ3n) is 7.69. The van der Waals surface area contributed by atoms with Crippen molar-refractivity contribution in [3.8, 4) is 0 Å². The molecule has 4 amide bonds. The molecule has 214 valence electrons. The number of piperazine rings is 1. The summed E-state index contributed by atoms with van der Waals surface area (Å²) in [5.74, 6) is 0.453. The van der Waals surface area contributed by atoms with Gasteiger partial charge in [-0.3, -0.25) is 15.1 Å². The molecule has 0 aromatic heterocycles. The molecule has 0 aromatic carbocycles. The van der Waals surface area contributed by atoms with Gasteiger partial charge in [-0.2, -0.15) is 0 Å². The van der Waals surface area contributed by atoms with Crippen LogP contribution in [0.2, 0.25) is 0 Å². The number of amidine groups is 1. The Balaban J connectivity index is 1.19. The van der Waals surface area contributed by atoms with E-state index < -0.39 is 5.60 Å². The maximum Gasteiger partial charge on any atom is 0.410 e. The lowest BCUT2D eigenvalue weighted by Crippen LogP contribution is -2.53. The second-order valence-corrected chi connectivity index (χ2v) is 14.5. The average molecular weight is 568 g/mol. The second kappa shape index (κ2) is 13.6. The average Bonchev–Trinajstić information content (AvgIpc) is 3.35. The van der Waals surface area contributed by atoms with Crippen molar-refractivity contribution in [3.63, 3.8) is 0 Å². The molecule has 1 N–H and O–H groups in total. The molecule has 1 unspecified atom stereocenters. The quantitative estimate of drug-likeness (QED) is 0.508.